The molecule has 0 spiro atoms. The summed E-state index contributed by atoms with van der Waals surface area (Å²) >= 11 is 4.63. The van der Waals surface area contributed by atoms with Crippen LogP contribution in [0.2, 0.25) is 0 Å². The monoisotopic (exact) mass is 617 g/mol. The minimum Gasteiger partial charge on any atom is -0.478 e. The first-order valence-electron chi connectivity index (χ1n) is 12.2. The molecule has 0 saturated carbocycles. The zero-order valence-electron chi connectivity index (χ0n) is 21.1. The van der Waals surface area contributed by atoms with Gasteiger partial charge in [-0.1, -0.05) is 59.9 Å². The number of esters is 1. The highest BCUT2D eigenvalue weighted by Crippen LogP contribution is 2.35. The summed E-state index contributed by atoms with van der Waals surface area (Å²) in [6.07, 6.45) is 1.72. The van der Waals surface area contributed by atoms with Crippen LogP contribution in [0.5, 0.6) is 5.75 Å². The molecule has 1 aromatic heterocycles. The van der Waals surface area contributed by atoms with Crippen LogP contribution in [0.15, 0.2) is 92.6 Å². The summed E-state index contributed by atoms with van der Waals surface area (Å²) in [5.41, 5.74) is 2.18. The van der Waals surface area contributed by atoms with Crippen LogP contribution in [0.25, 0.3) is 11.8 Å². The van der Waals surface area contributed by atoms with Crippen LogP contribution in [0.4, 0.5) is 4.39 Å². The van der Waals surface area contributed by atoms with E-state index in [2.05, 4.69) is 15.9 Å². The van der Waals surface area contributed by atoms with Crippen LogP contribution in [0.3, 0.4) is 0 Å². The zero-order chi connectivity index (χ0) is 28.2. The molecular weight excluding hydrogens is 597 g/mol. The van der Waals surface area contributed by atoms with Gasteiger partial charge in [0.05, 0.1) is 32.9 Å². The quantitative estimate of drug-likeness (QED) is 0.279. The summed E-state index contributed by atoms with van der Waals surface area (Å²) < 4.78 is 27.2. The Morgan fingerprint density at radius 2 is 1.93 bits per heavy atom. The van der Waals surface area contributed by atoms with Gasteiger partial charge in [-0.3, -0.25) is 9.36 Å². The van der Waals surface area contributed by atoms with Gasteiger partial charge in [0, 0.05) is 5.56 Å². The van der Waals surface area contributed by atoms with Gasteiger partial charge < -0.3 is 9.47 Å². The van der Waals surface area contributed by atoms with E-state index < -0.39 is 17.8 Å². The molecule has 3 aromatic carbocycles. The van der Waals surface area contributed by atoms with Gasteiger partial charge in [-0.25, -0.2) is 14.2 Å². The fourth-order valence-electron chi connectivity index (χ4n) is 4.39. The Hall–Kier alpha value is -4.33. The summed E-state index contributed by atoms with van der Waals surface area (Å²) in [6, 6.07) is 21.2. The maximum atomic E-state index is 13.9. The van der Waals surface area contributed by atoms with Crippen LogP contribution < -0.4 is 19.6 Å². The van der Waals surface area contributed by atoms with Crippen molar-refractivity contribution >= 4 is 45.0 Å². The second-order valence-corrected chi connectivity index (χ2v) is 10.5. The average Bonchev–Trinajstić information content (AvgIpc) is 3.27. The predicted molar refractivity (Wildman–Crippen MR) is 153 cm³/mol. The van der Waals surface area contributed by atoms with Gasteiger partial charge in [-0.2, -0.15) is 5.26 Å². The molecular formula is C30H21BrFN3O4S. The van der Waals surface area contributed by atoms with Crippen molar-refractivity contribution in [3.63, 3.8) is 0 Å². The molecule has 0 bridgehead atoms. The van der Waals surface area contributed by atoms with E-state index in [1.54, 1.807) is 43.3 Å². The van der Waals surface area contributed by atoms with Gasteiger partial charge in [0.1, 0.15) is 17.6 Å². The predicted octanol–water partition coefficient (Wildman–Crippen LogP) is 4.74. The van der Waals surface area contributed by atoms with Crippen LogP contribution in [0, 0.1) is 17.1 Å². The van der Waals surface area contributed by atoms with Gasteiger partial charge in [-0.05, 0) is 64.3 Å². The summed E-state index contributed by atoms with van der Waals surface area (Å²) in [6.45, 7) is 1.75. The molecule has 40 heavy (non-hydrogen) atoms. The van der Waals surface area contributed by atoms with E-state index in [0.29, 0.717) is 41.9 Å². The van der Waals surface area contributed by atoms with Gasteiger partial charge >= 0.3 is 5.97 Å². The number of halogens is 2. The fourth-order valence-corrected chi connectivity index (χ4v) is 5.90. The van der Waals surface area contributed by atoms with Crippen molar-refractivity contribution in [3.8, 4) is 11.8 Å². The number of nitriles is 1. The molecule has 1 aliphatic rings. The number of hydrogen-bond donors (Lipinski definition) is 0. The van der Waals surface area contributed by atoms with Crippen LogP contribution in [0.1, 0.15) is 29.7 Å². The number of carbonyl (C=O) groups is 1. The molecule has 1 aliphatic heterocycles. The lowest BCUT2D eigenvalue weighted by Gasteiger charge is -2.25. The number of aromatic nitrogens is 1. The van der Waals surface area contributed by atoms with E-state index in [1.807, 2.05) is 36.4 Å². The third-order valence-corrected chi connectivity index (χ3v) is 7.71. The Kier molecular flexibility index (Phi) is 8.05. The molecule has 2 heterocycles. The van der Waals surface area contributed by atoms with Crippen molar-refractivity contribution in [3.05, 3.63) is 125 Å². The maximum absolute atomic E-state index is 13.9. The molecule has 10 heteroatoms. The largest absolute Gasteiger partial charge is 0.478 e. The number of thiazole rings is 1. The smallest absolute Gasteiger partial charge is 0.338 e. The molecule has 0 N–H and O–H groups in total. The molecule has 7 nitrogen and oxygen atoms in total. The Balaban J connectivity index is 1.75. The maximum Gasteiger partial charge on any atom is 0.338 e. The molecule has 0 fully saturated rings. The Morgan fingerprint density at radius 3 is 2.60 bits per heavy atom. The average molecular weight is 618 g/mol. The lowest BCUT2D eigenvalue weighted by atomic mass is 9.93. The first-order valence-corrected chi connectivity index (χ1v) is 13.9. The summed E-state index contributed by atoms with van der Waals surface area (Å²) in [5, 5.41) is 8.78. The third kappa shape index (κ3) is 5.39. The standard InChI is InChI=1S/C30H21BrFN3O4S/c1-2-38-29(37)25-26(19-6-4-3-5-7-19)34-30-35(27(25)20-9-11-21(32)12-10-20)28(36)24(40-30)17-18-8-13-23(22(31)16-18)39-15-14-33/h3-13,16-17,27H,2,15H2,1H3/b24-17-/t27-/m1/s1. The fraction of sp³-hybridized carbons (Fsp3) is 0.133. The van der Waals surface area contributed by atoms with Gasteiger partial charge in [0.15, 0.2) is 11.4 Å². The molecule has 0 amide bonds. The van der Waals surface area contributed by atoms with E-state index in [9.17, 15) is 14.0 Å². The number of nitrogens with zero attached hydrogens (tertiary/aromatic N) is 3. The molecule has 0 saturated heterocycles. The highest BCUT2D eigenvalue weighted by Gasteiger charge is 2.35. The van der Waals surface area contributed by atoms with E-state index in [0.717, 1.165) is 0 Å². The Bertz CT molecular complexity index is 1840. The van der Waals surface area contributed by atoms with Crippen LogP contribution in [-0.4, -0.2) is 23.8 Å². The Morgan fingerprint density at radius 1 is 1.18 bits per heavy atom. The number of hydrogen-bond acceptors (Lipinski definition) is 7. The van der Waals surface area contributed by atoms with Gasteiger partial charge in [0.2, 0.25) is 0 Å². The lowest BCUT2D eigenvalue weighted by molar-refractivity contribution is -0.138. The molecule has 0 unspecified atom stereocenters. The van der Waals surface area contributed by atoms with E-state index >= 15 is 0 Å². The molecule has 200 valence electrons. The second-order valence-electron chi connectivity index (χ2n) is 8.62. The molecule has 0 radical (unpaired) electrons. The summed E-state index contributed by atoms with van der Waals surface area (Å²) in [5.74, 6) is -0.539. The van der Waals surface area contributed by atoms with Crippen molar-refractivity contribution in [1.29, 1.82) is 5.26 Å². The topological polar surface area (TPSA) is 93.7 Å². The van der Waals surface area contributed by atoms with Gasteiger partial charge in [-0.15, -0.1) is 0 Å². The molecule has 4 aromatic rings. The lowest BCUT2D eigenvalue weighted by Crippen LogP contribution is -2.40. The summed E-state index contributed by atoms with van der Waals surface area (Å²) in [4.78, 5) is 32.5. The molecule has 1 atom stereocenters. The number of ether oxygens (including phenoxy) is 2. The number of rotatable bonds is 7. The van der Waals surface area contributed by atoms with Crippen molar-refractivity contribution in [2.24, 2.45) is 4.99 Å². The third-order valence-electron chi connectivity index (χ3n) is 6.11. The first kappa shape index (κ1) is 27.2. The van der Waals surface area contributed by atoms with E-state index in [4.69, 9.17) is 19.7 Å². The molecule has 0 aliphatic carbocycles. The first-order chi connectivity index (χ1) is 19.4. The normalized spacial score (nSPS) is 14.8. The molecule has 5 rings (SSSR count). The van der Waals surface area contributed by atoms with Crippen LogP contribution in [-0.2, 0) is 9.53 Å². The van der Waals surface area contributed by atoms with Gasteiger partial charge in [0.25, 0.3) is 5.56 Å². The van der Waals surface area contributed by atoms with Crippen molar-refractivity contribution in [1.82, 2.24) is 4.57 Å². The SMILES string of the molecule is CCOC(=O)C1=C(c2ccccc2)N=c2s/c(=C\c3ccc(OCC#N)c(Br)c3)c(=O)n2[C@@H]1c1ccc(F)cc1. The number of fused-ring (bicyclic) bond motifs is 1. The highest BCUT2D eigenvalue weighted by molar-refractivity contribution is 9.10. The number of carbonyl (C=O) groups excluding carboxylic acids is 1. The highest BCUT2D eigenvalue weighted by atomic mass is 79.9. The van der Waals surface area contributed by atoms with Crippen LogP contribution >= 0.6 is 27.3 Å². The minimum absolute atomic E-state index is 0.0908. The van der Waals surface area contributed by atoms with E-state index in [-0.39, 0.29) is 24.3 Å². The summed E-state index contributed by atoms with van der Waals surface area (Å²) in [7, 11) is 0. The number of benzene rings is 3. The van der Waals surface area contributed by atoms with Crippen molar-refractivity contribution in [2.45, 2.75) is 13.0 Å². The van der Waals surface area contributed by atoms with E-state index in [1.165, 1.54) is 28.0 Å². The Labute approximate surface area is 240 Å². The minimum atomic E-state index is -0.887. The van der Waals surface area contributed by atoms with Crippen molar-refractivity contribution < 1.29 is 18.7 Å². The van der Waals surface area contributed by atoms with Crippen molar-refractivity contribution in [2.75, 3.05) is 13.2 Å². The second kappa shape index (κ2) is 11.8. The zero-order valence-corrected chi connectivity index (χ0v) is 23.5.